The lowest BCUT2D eigenvalue weighted by atomic mass is 10.1. The molecule has 0 atom stereocenters. The minimum atomic E-state index is -0.403. The van der Waals surface area contributed by atoms with Crippen molar-refractivity contribution in [3.8, 4) is 5.75 Å². The maximum absolute atomic E-state index is 12.8. The molecule has 0 saturated carbocycles. The number of carbonyl (C=O) groups excluding carboxylic acids is 2. The van der Waals surface area contributed by atoms with Gasteiger partial charge in [-0.05, 0) is 30.8 Å². The number of hydrogen-bond acceptors (Lipinski definition) is 7. The second kappa shape index (κ2) is 7.33. The van der Waals surface area contributed by atoms with Crippen LogP contribution >= 0.6 is 12.2 Å². The van der Waals surface area contributed by atoms with Gasteiger partial charge in [-0.2, -0.15) is 0 Å². The molecule has 8 heteroatoms. The molecule has 1 saturated heterocycles. The molecule has 0 radical (unpaired) electrons. The van der Waals surface area contributed by atoms with Gasteiger partial charge in [0.25, 0.3) is 11.1 Å². The maximum Gasteiger partial charge on any atom is 0.302 e. The second-order valence-electron chi connectivity index (χ2n) is 5.86. The number of rotatable bonds is 5. The van der Waals surface area contributed by atoms with Crippen LogP contribution in [0.25, 0.3) is 0 Å². The van der Waals surface area contributed by atoms with E-state index in [1.807, 2.05) is 30.0 Å². The summed E-state index contributed by atoms with van der Waals surface area (Å²) >= 11 is 5.18. The third-order valence-electron chi connectivity index (χ3n) is 4.31. The fourth-order valence-corrected chi connectivity index (χ4v) is 3.36. The summed E-state index contributed by atoms with van der Waals surface area (Å²) in [6, 6.07) is 5.83. The molecule has 1 amide bonds. The summed E-state index contributed by atoms with van der Waals surface area (Å²) in [6.07, 6.45) is 0.578. The molecule has 1 fully saturated rings. The van der Waals surface area contributed by atoms with Gasteiger partial charge in [-0.25, -0.2) is 0 Å². The molecule has 0 aliphatic carbocycles. The summed E-state index contributed by atoms with van der Waals surface area (Å²) in [5.41, 5.74) is 2.86. The third kappa shape index (κ3) is 3.24. The van der Waals surface area contributed by atoms with E-state index in [4.69, 9.17) is 26.4 Å². The Labute approximate surface area is 157 Å². The van der Waals surface area contributed by atoms with Crippen molar-refractivity contribution in [1.82, 2.24) is 4.90 Å². The van der Waals surface area contributed by atoms with Crippen LogP contribution in [0.3, 0.4) is 0 Å². The first-order chi connectivity index (χ1) is 12.5. The molecule has 0 spiro atoms. The fourth-order valence-electron chi connectivity index (χ4n) is 3.10. The molecule has 2 aliphatic rings. The lowest BCUT2D eigenvalue weighted by Crippen LogP contribution is -2.33. The van der Waals surface area contributed by atoms with Crippen LogP contribution in [0.5, 0.6) is 5.75 Å². The van der Waals surface area contributed by atoms with Crippen molar-refractivity contribution in [2.45, 2.75) is 20.3 Å². The Kier molecular flexibility index (Phi) is 5.13. The number of likely N-dealkylation sites (N-methyl/N-ethyl adjacent to an activating group) is 1. The van der Waals surface area contributed by atoms with Crippen molar-refractivity contribution in [1.29, 1.82) is 0 Å². The van der Waals surface area contributed by atoms with Crippen LogP contribution in [0.1, 0.15) is 19.4 Å². The van der Waals surface area contributed by atoms with Gasteiger partial charge in [-0.1, -0.05) is 6.07 Å². The zero-order valence-corrected chi connectivity index (χ0v) is 15.7. The summed E-state index contributed by atoms with van der Waals surface area (Å²) in [6.45, 7) is 4.24. The van der Waals surface area contributed by atoms with Gasteiger partial charge in [0, 0.05) is 31.6 Å². The van der Waals surface area contributed by atoms with E-state index in [0.717, 1.165) is 22.7 Å². The molecular weight excluding hydrogens is 356 g/mol. The van der Waals surface area contributed by atoms with Crippen LogP contribution in [0, 0.1) is 0 Å². The van der Waals surface area contributed by atoms with E-state index in [-0.39, 0.29) is 30.0 Å². The van der Waals surface area contributed by atoms with E-state index in [0.29, 0.717) is 13.0 Å². The van der Waals surface area contributed by atoms with Crippen molar-refractivity contribution in [2.24, 2.45) is 0 Å². The molecule has 2 heterocycles. The molecule has 2 aliphatic heterocycles. The van der Waals surface area contributed by atoms with E-state index < -0.39 is 5.97 Å². The summed E-state index contributed by atoms with van der Waals surface area (Å²) < 4.78 is 15.8. The number of ether oxygens (including phenoxy) is 3. The number of benzene rings is 1. The quantitative estimate of drug-likeness (QED) is 0.442. The van der Waals surface area contributed by atoms with Crippen LogP contribution in [-0.2, 0) is 25.5 Å². The summed E-state index contributed by atoms with van der Waals surface area (Å²) in [5.74, 6) is 0.273. The number of thiocarbonyl (C=S) groups is 1. The number of methoxy groups -OCH3 is 1. The standard InChI is InChI=1S/C18H20N2O5S/c1-4-19-14-10-13(23-3)6-5-12(14)9-15(19)16-17(22)20(18(26)25-16)7-8-24-11(2)21/h5-6,10H,4,7-9H2,1-3H3/b16-15+. The van der Waals surface area contributed by atoms with Crippen molar-refractivity contribution >= 4 is 35.0 Å². The molecule has 0 unspecified atom stereocenters. The van der Waals surface area contributed by atoms with E-state index in [1.165, 1.54) is 11.8 Å². The normalized spacial score (nSPS) is 18.9. The number of carbonyl (C=O) groups is 2. The second-order valence-corrected chi connectivity index (χ2v) is 6.21. The van der Waals surface area contributed by atoms with Crippen molar-refractivity contribution in [3.63, 3.8) is 0 Å². The number of esters is 1. The van der Waals surface area contributed by atoms with Crippen LogP contribution in [0.15, 0.2) is 29.7 Å². The van der Waals surface area contributed by atoms with Gasteiger partial charge in [0.15, 0.2) is 0 Å². The number of fused-ring (bicyclic) bond motifs is 1. The fraction of sp³-hybridized carbons (Fsp3) is 0.389. The smallest absolute Gasteiger partial charge is 0.302 e. The molecule has 7 nitrogen and oxygen atoms in total. The van der Waals surface area contributed by atoms with Crippen molar-refractivity contribution < 1.29 is 23.8 Å². The van der Waals surface area contributed by atoms with Gasteiger partial charge in [-0.3, -0.25) is 14.5 Å². The highest BCUT2D eigenvalue weighted by Gasteiger charge is 2.39. The van der Waals surface area contributed by atoms with Gasteiger partial charge in [-0.15, -0.1) is 0 Å². The SMILES string of the molecule is CCN1/C(=C2/OC(=S)N(CCOC(C)=O)C2=O)Cc2ccc(OC)cc21. The van der Waals surface area contributed by atoms with Gasteiger partial charge in [0.05, 0.1) is 19.4 Å². The van der Waals surface area contributed by atoms with Gasteiger partial charge >= 0.3 is 5.97 Å². The molecule has 3 rings (SSSR count). The summed E-state index contributed by atoms with van der Waals surface area (Å²) in [7, 11) is 1.62. The molecule has 1 aromatic rings. The van der Waals surface area contributed by atoms with Gasteiger partial charge in [0.2, 0.25) is 5.76 Å². The molecule has 0 N–H and O–H groups in total. The largest absolute Gasteiger partial charge is 0.497 e. The maximum atomic E-state index is 12.8. The Balaban J connectivity index is 1.87. The highest BCUT2D eigenvalue weighted by Crippen LogP contribution is 2.39. The Hall–Kier alpha value is -2.61. The number of anilines is 1. The van der Waals surface area contributed by atoms with Crippen LogP contribution in [0.2, 0.25) is 0 Å². The number of allylic oxidation sites excluding steroid dienone is 1. The van der Waals surface area contributed by atoms with Crippen molar-refractivity contribution in [2.75, 3.05) is 31.7 Å². The van der Waals surface area contributed by atoms with Gasteiger partial charge < -0.3 is 19.1 Å². The molecular formula is C18H20N2O5S. The first kappa shape index (κ1) is 18.2. The molecule has 0 bridgehead atoms. The van der Waals surface area contributed by atoms with Gasteiger partial charge in [0.1, 0.15) is 12.4 Å². The Morgan fingerprint density at radius 3 is 2.77 bits per heavy atom. The summed E-state index contributed by atoms with van der Waals surface area (Å²) in [4.78, 5) is 27.0. The number of hydrogen-bond donors (Lipinski definition) is 0. The zero-order valence-electron chi connectivity index (χ0n) is 14.9. The minimum absolute atomic E-state index is 0.0715. The first-order valence-electron chi connectivity index (χ1n) is 8.30. The highest BCUT2D eigenvalue weighted by atomic mass is 32.1. The van der Waals surface area contributed by atoms with Crippen LogP contribution in [-0.4, -0.2) is 48.8 Å². The minimum Gasteiger partial charge on any atom is -0.497 e. The first-order valence-corrected chi connectivity index (χ1v) is 8.71. The number of amides is 1. The zero-order chi connectivity index (χ0) is 18.8. The van der Waals surface area contributed by atoms with Crippen LogP contribution in [0.4, 0.5) is 5.69 Å². The molecule has 138 valence electrons. The predicted molar refractivity (Wildman–Crippen MR) is 98.8 cm³/mol. The predicted octanol–water partition coefficient (Wildman–Crippen LogP) is 2.00. The van der Waals surface area contributed by atoms with E-state index in [2.05, 4.69) is 0 Å². The topological polar surface area (TPSA) is 68.3 Å². The third-order valence-corrected chi connectivity index (χ3v) is 4.62. The Morgan fingerprint density at radius 1 is 1.35 bits per heavy atom. The molecule has 26 heavy (non-hydrogen) atoms. The average Bonchev–Trinajstić information content (AvgIpc) is 3.12. The summed E-state index contributed by atoms with van der Waals surface area (Å²) in [5, 5.41) is 0.0780. The lowest BCUT2D eigenvalue weighted by Gasteiger charge is -2.20. The monoisotopic (exact) mass is 376 g/mol. The highest BCUT2D eigenvalue weighted by molar-refractivity contribution is 7.80. The lowest BCUT2D eigenvalue weighted by molar-refractivity contribution is -0.142. The van der Waals surface area contributed by atoms with E-state index in [9.17, 15) is 9.59 Å². The number of nitrogens with zero attached hydrogens (tertiary/aromatic N) is 2. The Bertz CT molecular complexity index is 805. The average molecular weight is 376 g/mol. The molecule has 1 aromatic carbocycles. The van der Waals surface area contributed by atoms with Crippen LogP contribution < -0.4 is 9.64 Å². The Morgan fingerprint density at radius 2 is 2.12 bits per heavy atom. The van der Waals surface area contributed by atoms with E-state index >= 15 is 0 Å². The van der Waals surface area contributed by atoms with Crippen molar-refractivity contribution in [3.05, 3.63) is 35.2 Å². The van der Waals surface area contributed by atoms with E-state index in [1.54, 1.807) is 7.11 Å². The molecule has 0 aromatic heterocycles.